The Morgan fingerprint density at radius 2 is 1.63 bits per heavy atom. The number of carbonyl (C=O) groups is 1. The van der Waals surface area contributed by atoms with Gasteiger partial charge >= 0.3 is 5.97 Å². The van der Waals surface area contributed by atoms with Gasteiger partial charge in [-0.15, -0.1) is 5.53 Å². The van der Waals surface area contributed by atoms with Gasteiger partial charge in [0.25, 0.3) is 0 Å². The number of cyclic esters (lactones) is 1. The van der Waals surface area contributed by atoms with Crippen LogP contribution in [0.2, 0.25) is 0 Å². The van der Waals surface area contributed by atoms with E-state index in [9.17, 15) is 25.2 Å². The molecule has 2 aromatic rings. The van der Waals surface area contributed by atoms with Gasteiger partial charge in [-0.2, -0.15) is 0 Å². The Bertz CT molecular complexity index is 2170. The monoisotopic (exact) mass is 1070 g/mol. The summed E-state index contributed by atoms with van der Waals surface area (Å²) in [6.07, 6.45) is 2.10. The second-order valence-corrected chi connectivity index (χ2v) is 23.8. The quantitative estimate of drug-likeness (QED) is 0.111. The summed E-state index contributed by atoms with van der Waals surface area (Å²) >= 11 is 0. The average Bonchev–Trinajstić information content (AvgIpc) is 3.75. The van der Waals surface area contributed by atoms with Gasteiger partial charge in [-0.25, -0.2) is 4.39 Å². The Balaban J connectivity index is 1.22. The second-order valence-electron chi connectivity index (χ2n) is 23.8. The first-order chi connectivity index (χ1) is 35.8. The van der Waals surface area contributed by atoms with Gasteiger partial charge in [0.05, 0.1) is 53.8 Å². The predicted molar refractivity (Wildman–Crippen MR) is 290 cm³/mol. The summed E-state index contributed by atoms with van der Waals surface area (Å²) in [4.78, 5) is 23.3. The molecule has 0 saturated carbocycles. The summed E-state index contributed by atoms with van der Waals surface area (Å²) in [5.74, 6) is -2.45. The molecule has 4 aliphatic rings. The van der Waals surface area contributed by atoms with E-state index >= 15 is 4.39 Å². The highest BCUT2D eigenvalue weighted by molar-refractivity contribution is 5.73. The van der Waals surface area contributed by atoms with Crippen LogP contribution in [0.3, 0.4) is 0 Å². The molecular weight excluding hydrogens is 976 g/mol. The van der Waals surface area contributed by atoms with Crippen molar-refractivity contribution in [1.29, 1.82) is 0 Å². The van der Waals surface area contributed by atoms with Gasteiger partial charge in [-0.1, -0.05) is 58.0 Å². The van der Waals surface area contributed by atoms with E-state index in [0.717, 1.165) is 28.8 Å². The van der Waals surface area contributed by atoms with Gasteiger partial charge < -0.3 is 58.6 Å². The number of halogens is 1. The molecule has 5 N–H and O–H groups in total. The number of benzene rings is 1. The number of nitrogens with one attached hydrogen (secondary N) is 1. The number of hydrogen-bond donors (Lipinski definition) is 5. The summed E-state index contributed by atoms with van der Waals surface area (Å²) in [6.45, 7) is 19.5. The van der Waals surface area contributed by atoms with Gasteiger partial charge in [0.1, 0.15) is 36.6 Å². The lowest BCUT2D eigenvalue weighted by molar-refractivity contribution is -0.271. The number of pyridine rings is 1. The number of methoxy groups -OCH3 is 2. The summed E-state index contributed by atoms with van der Waals surface area (Å²) in [5.41, 5.74) is 3.84. The Kier molecular flexibility index (Phi) is 21.4. The molecule has 5 heterocycles. The molecule has 0 aliphatic carbocycles. The maximum absolute atomic E-state index is 15.1. The number of aromatic nitrogens is 1. The molecule has 18 atom stereocenters. The molecule has 6 rings (SSSR count). The number of alkyl halides is 1. The van der Waals surface area contributed by atoms with Crippen LogP contribution in [0, 0.1) is 23.7 Å². The number of aliphatic hydroxyl groups is 4. The molecule has 17 nitrogen and oxygen atoms in total. The fraction of sp³-hybridized carbons (Fsp3) is 0.759. The van der Waals surface area contributed by atoms with Crippen LogP contribution in [0.5, 0.6) is 0 Å². The van der Waals surface area contributed by atoms with Crippen molar-refractivity contribution in [2.75, 3.05) is 55.1 Å². The van der Waals surface area contributed by atoms with Crippen molar-refractivity contribution in [3.63, 3.8) is 0 Å². The Morgan fingerprint density at radius 1 is 0.947 bits per heavy atom. The maximum atomic E-state index is 15.1. The third-order valence-corrected chi connectivity index (χ3v) is 17.5. The third-order valence-electron chi connectivity index (χ3n) is 17.5. The number of rotatable bonds is 16. The van der Waals surface area contributed by atoms with E-state index < -0.39 is 96.1 Å². The number of aliphatic hydroxyl groups excluding tert-OH is 2. The van der Waals surface area contributed by atoms with Crippen LogP contribution in [0.4, 0.5) is 4.39 Å². The summed E-state index contributed by atoms with van der Waals surface area (Å²) in [6, 6.07) is 10.4. The lowest BCUT2D eigenvalue weighted by Gasteiger charge is -2.50. The van der Waals surface area contributed by atoms with Crippen LogP contribution in [0.1, 0.15) is 132 Å². The van der Waals surface area contributed by atoms with Crippen LogP contribution in [0.15, 0.2) is 54.5 Å². The van der Waals surface area contributed by atoms with Gasteiger partial charge in [0.2, 0.25) is 0 Å². The van der Waals surface area contributed by atoms with Crippen molar-refractivity contribution in [1.82, 2.24) is 30.3 Å². The minimum atomic E-state index is -1.76. The summed E-state index contributed by atoms with van der Waals surface area (Å²) in [7, 11) is 9.21. The average molecular weight is 1070 g/mol. The SMILES string of the molecule is CC[C@H]1OC(=O)[C@H](C)[C@@H](C2C[C@@](C)(OC)C[C@H](C)O2)[C@H](C)[C@@H](O[C@H]2C[C@@H](N(C)CCC3=CN([C@H](CF)[C@H](OC)c4ccc(-c5ccc(CO)nc5)cc4)NN3C)C[C@@H](C)O2)[C@](C)(O)C[C@@H](C)CN(C)[C@H](C)[C@@H](O)[C@]1(C)O. The molecular formula is C58H95FN6O11. The Morgan fingerprint density at radius 3 is 2.24 bits per heavy atom. The highest BCUT2D eigenvalue weighted by atomic mass is 19.1. The van der Waals surface area contributed by atoms with Crippen molar-refractivity contribution in [3.05, 3.63) is 65.7 Å². The van der Waals surface area contributed by atoms with Crippen LogP contribution >= 0.6 is 0 Å². The van der Waals surface area contributed by atoms with Crippen LogP contribution < -0.4 is 5.53 Å². The van der Waals surface area contributed by atoms with Crippen molar-refractivity contribution >= 4 is 5.97 Å². The number of nitrogens with zero attached hydrogens (tertiary/aromatic N) is 5. The lowest BCUT2D eigenvalue weighted by Crippen LogP contribution is -2.59. The molecule has 0 radical (unpaired) electrons. The Hall–Kier alpha value is -3.37. The minimum absolute atomic E-state index is 0.0457. The molecule has 0 bridgehead atoms. The van der Waals surface area contributed by atoms with E-state index in [1.807, 2.05) is 109 Å². The molecule has 18 heteroatoms. The molecule has 1 aromatic carbocycles. The van der Waals surface area contributed by atoms with Crippen molar-refractivity contribution in [3.8, 4) is 11.1 Å². The molecule has 1 aromatic heterocycles. The first-order valence-electron chi connectivity index (χ1n) is 27.8. The van der Waals surface area contributed by atoms with E-state index in [4.69, 9.17) is 28.4 Å². The fourth-order valence-corrected chi connectivity index (χ4v) is 13.0. The number of likely N-dealkylation sites (N-methyl/N-ethyl adjacent to an activating group) is 1. The minimum Gasteiger partial charge on any atom is -0.459 e. The second kappa shape index (κ2) is 26.3. The van der Waals surface area contributed by atoms with E-state index in [0.29, 0.717) is 50.9 Å². The normalized spacial score (nSPS) is 37.6. The molecule has 76 heavy (non-hydrogen) atoms. The van der Waals surface area contributed by atoms with Gasteiger partial charge in [0, 0.05) is 102 Å². The smallest absolute Gasteiger partial charge is 0.309 e. The lowest BCUT2D eigenvalue weighted by atomic mass is 9.69. The summed E-state index contributed by atoms with van der Waals surface area (Å²) < 4.78 is 54.1. The van der Waals surface area contributed by atoms with Crippen LogP contribution in [0.25, 0.3) is 11.1 Å². The zero-order valence-corrected chi connectivity index (χ0v) is 48.3. The standard InChI is InChI=1S/C58H95FN6O11/c1-16-49-58(10,70)53(67)40(7)63(12)32-35(2)27-57(9,69)54(38(5)51(39(6)55(68)75-49)48-29-56(8,72-15)28-37(4)73-48)76-50-26-46(25-36(3)74-50)62(11)24-23-45-33-65(61-64(45)13)47(30-59)52(71-14)42-19-17-41(18-20-42)43-21-22-44(34-66)60-31-43/h17-22,31,33,35-40,46-54,61,66-67,69-70H,16,23-30,32,34H2,1-15H3/t35-,36-,37+,38+,39-,40-,46+,47-,48?,49-,50+,51+,52-,53-,54-,56+,57-,58-/m1/s1. The van der Waals surface area contributed by atoms with Crippen molar-refractivity contribution < 1.29 is 58.0 Å². The maximum Gasteiger partial charge on any atom is 0.309 e. The molecule has 4 aliphatic heterocycles. The molecule has 430 valence electrons. The number of hydrogen-bond acceptors (Lipinski definition) is 17. The highest BCUT2D eigenvalue weighted by Crippen LogP contribution is 2.45. The topological polar surface area (TPSA) is 191 Å². The van der Waals surface area contributed by atoms with Gasteiger partial charge in [-0.3, -0.25) is 19.8 Å². The summed E-state index contributed by atoms with van der Waals surface area (Å²) in [5, 5.41) is 49.8. The molecule has 3 fully saturated rings. The Labute approximate surface area is 453 Å². The first kappa shape index (κ1) is 61.8. The largest absolute Gasteiger partial charge is 0.459 e. The predicted octanol–water partition coefficient (Wildman–Crippen LogP) is 6.78. The zero-order chi connectivity index (χ0) is 56.0. The van der Waals surface area contributed by atoms with Crippen molar-refractivity contribution in [2.45, 2.75) is 205 Å². The van der Waals surface area contributed by atoms with Crippen LogP contribution in [-0.4, -0.2) is 184 Å². The highest BCUT2D eigenvalue weighted by Gasteiger charge is 2.53. The molecule has 0 amide bonds. The van der Waals surface area contributed by atoms with Gasteiger partial charge in [0.15, 0.2) is 6.29 Å². The first-order valence-corrected chi connectivity index (χ1v) is 27.8. The van der Waals surface area contributed by atoms with Crippen molar-refractivity contribution in [2.24, 2.45) is 23.7 Å². The molecule has 1 unspecified atom stereocenters. The third kappa shape index (κ3) is 14.5. The molecule has 3 saturated heterocycles. The fourth-order valence-electron chi connectivity index (χ4n) is 13.0. The van der Waals surface area contributed by atoms with Crippen LogP contribution in [-0.2, 0) is 39.8 Å². The van der Waals surface area contributed by atoms with E-state index in [1.165, 1.54) is 6.92 Å². The number of hydrazine groups is 2. The number of esters is 1. The zero-order valence-electron chi connectivity index (χ0n) is 48.3. The molecule has 0 spiro atoms. The number of ether oxygens (including phenoxy) is 6. The van der Waals surface area contributed by atoms with E-state index in [-0.39, 0.29) is 37.2 Å². The van der Waals surface area contributed by atoms with Gasteiger partial charge in [-0.05, 0) is 104 Å². The van der Waals surface area contributed by atoms with E-state index in [2.05, 4.69) is 36.3 Å². The number of carbonyl (C=O) groups excluding carboxylic acids is 1. The van der Waals surface area contributed by atoms with E-state index in [1.54, 1.807) is 31.5 Å².